The van der Waals surface area contributed by atoms with Crippen LogP contribution in [-0.4, -0.2) is 37.0 Å². The van der Waals surface area contributed by atoms with Crippen LogP contribution in [0, 0.1) is 0 Å². The molecule has 0 atom stereocenters. The fraction of sp³-hybridized carbons (Fsp3) is 0.316. The minimum atomic E-state index is -0.164. The largest absolute Gasteiger partial charge is 0.490 e. The molecule has 0 spiro atoms. The van der Waals surface area contributed by atoms with Gasteiger partial charge in [-0.25, -0.2) is 0 Å². The molecule has 0 fully saturated rings. The highest BCUT2D eigenvalue weighted by molar-refractivity contribution is 7.10. The number of carbonyl (C=O) groups excluding carboxylic acids is 1. The van der Waals surface area contributed by atoms with Gasteiger partial charge in [-0.1, -0.05) is 32.0 Å². The van der Waals surface area contributed by atoms with Crippen molar-refractivity contribution in [2.24, 2.45) is 0 Å². The van der Waals surface area contributed by atoms with Gasteiger partial charge in [0.1, 0.15) is 12.4 Å². The van der Waals surface area contributed by atoms with Gasteiger partial charge in [0.2, 0.25) is 5.91 Å². The topological polar surface area (TPSA) is 41.6 Å². The van der Waals surface area contributed by atoms with E-state index in [1.165, 1.54) is 0 Å². The van der Waals surface area contributed by atoms with Crippen LogP contribution in [0.5, 0.6) is 5.75 Å². The first-order chi connectivity index (χ1) is 11.7. The number of rotatable bonds is 9. The Bertz CT molecular complexity index is 649. The zero-order valence-corrected chi connectivity index (χ0v) is 15.0. The zero-order valence-electron chi connectivity index (χ0n) is 14.2. The summed E-state index contributed by atoms with van der Waals surface area (Å²) in [5.41, 5.74) is 0.692. The van der Waals surface area contributed by atoms with Crippen LogP contribution in [0.2, 0.25) is 0 Å². The Kier molecular flexibility index (Phi) is 7.52. The molecule has 1 N–H and O–H groups in total. The summed E-state index contributed by atoms with van der Waals surface area (Å²) in [6, 6.07) is 11.4. The molecule has 4 nitrogen and oxygen atoms in total. The van der Waals surface area contributed by atoms with Crippen LogP contribution in [0.15, 0.2) is 47.9 Å². The quantitative estimate of drug-likeness (QED) is 0.696. The fourth-order valence-electron chi connectivity index (χ4n) is 2.24. The van der Waals surface area contributed by atoms with Gasteiger partial charge < -0.3 is 15.0 Å². The number of anilines is 1. The second kappa shape index (κ2) is 9.90. The number of ether oxygens (including phenoxy) is 1. The third-order valence-corrected chi connectivity index (χ3v) is 4.48. The molecule has 1 aromatic carbocycles. The maximum atomic E-state index is 12.1. The van der Waals surface area contributed by atoms with Gasteiger partial charge in [-0.3, -0.25) is 4.79 Å². The summed E-state index contributed by atoms with van der Waals surface area (Å²) >= 11 is 1.60. The van der Waals surface area contributed by atoms with Gasteiger partial charge in [0.15, 0.2) is 0 Å². The van der Waals surface area contributed by atoms with Crippen molar-refractivity contribution in [3.8, 4) is 5.75 Å². The van der Waals surface area contributed by atoms with Crippen LogP contribution in [-0.2, 0) is 4.79 Å². The van der Waals surface area contributed by atoms with Gasteiger partial charge in [0.05, 0.1) is 5.69 Å². The monoisotopic (exact) mass is 344 g/mol. The maximum Gasteiger partial charge on any atom is 0.248 e. The van der Waals surface area contributed by atoms with E-state index < -0.39 is 0 Å². The van der Waals surface area contributed by atoms with Crippen molar-refractivity contribution in [2.75, 3.05) is 31.6 Å². The maximum absolute atomic E-state index is 12.1. The number of nitrogens with one attached hydrogen (secondary N) is 1. The van der Waals surface area contributed by atoms with E-state index in [9.17, 15) is 4.79 Å². The predicted octanol–water partition coefficient (Wildman–Crippen LogP) is 4.12. The average molecular weight is 344 g/mol. The van der Waals surface area contributed by atoms with Gasteiger partial charge in [-0.05, 0) is 42.7 Å². The second-order valence-corrected chi connectivity index (χ2v) is 6.19. The molecule has 0 saturated heterocycles. The number of hydrogen-bond acceptors (Lipinski definition) is 4. The van der Waals surface area contributed by atoms with Crippen LogP contribution < -0.4 is 10.1 Å². The predicted molar refractivity (Wildman–Crippen MR) is 102 cm³/mol. The Balaban J connectivity index is 1.91. The number of hydrogen-bond donors (Lipinski definition) is 1. The van der Waals surface area contributed by atoms with E-state index in [1.54, 1.807) is 17.4 Å². The van der Waals surface area contributed by atoms with Gasteiger partial charge in [-0.2, -0.15) is 0 Å². The molecule has 0 aliphatic carbocycles. The Labute approximate surface area is 147 Å². The van der Waals surface area contributed by atoms with Crippen molar-refractivity contribution in [1.29, 1.82) is 0 Å². The lowest BCUT2D eigenvalue weighted by Crippen LogP contribution is -2.28. The third-order valence-electron chi connectivity index (χ3n) is 3.65. The fourth-order valence-corrected chi connectivity index (χ4v) is 2.86. The SMILES string of the molecule is CCN(CC)CCOc1ccccc1NC(=O)/C=C/c1cccs1. The first-order valence-corrected chi connectivity index (χ1v) is 9.07. The number of likely N-dealkylation sites (N-methyl/N-ethyl adjacent to an activating group) is 1. The van der Waals surface area contributed by atoms with Gasteiger partial charge in [0.25, 0.3) is 0 Å². The van der Waals surface area contributed by atoms with Crippen LogP contribution in [0.4, 0.5) is 5.69 Å². The highest BCUT2D eigenvalue weighted by Crippen LogP contribution is 2.23. The lowest BCUT2D eigenvalue weighted by Gasteiger charge is -2.19. The van der Waals surface area contributed by atoms with E-state index in [0.717, 1.165) is 24.5 Å². The van der Waals surface area contributed by atoms with Crippen molar-refractivity contribution in [1.82, 2.24) is 4.90 Å². The van der Waals surface area contributed by atoms with E-state index in [-0.39, 0.29) is 5.91 Å². The molecule has 2 rings (SSSR count). The first-order valence-electron chi connectivity index (χ1n) is 8.19. The minimum Gasteiger partial charge on any atom is -0.490 e. The Morgan fingerprint density at radius 3 is 2.71 bits per heavy atom. The molecule has 2 aromatic rings. The number of amides is 1. The average Bonchev–Trinajstić information content (AvgIpc) is 3.12. The molecule has 0 aliphatic heterocycles. The smallest absolute Gasteiger partial charge is 0.248 e. The molecule has 1 heterocycles. The highest BCUT2D eigenvalue weighted by Gasteiger charge is 2.06. The second-order valence-electron chi connectivity index (χ2n) is 5.21. The number of nitrogens with zero attached hydrogens (tertiary/aromatic N) is 1. The molecule has 1 amide bonds. The van der Waals surface area contributed by atoms with E-state index in [1.807, 2.05) is 47.9 Å². The summed E-state index contributed by atoms with van der Waals surface area (Å²) in [5, 5.41) is 4.86. The Morgan fingerprint density at radius 1 is 1.21 bits per heavy atom. The molecule has 0 bridgehead atoms. The van der Waals surface area contributed by atoms with Crippen molar-refractivity contribution in [3.63, 3.8) is 0 Å². The summed E-state index contributed by atoms with van der Waals surface area (Å²) in [4.78, 5) is 15.4. The normalized spacial score (nSPS) is 11.1. The Hall–Kier alpha value is -2.11. The van der Waals surface area contributed by atoms with Crippen LogP contribution >= 0.6 is 11.3 Å². The molecule has 0 saturated carbocycles. The number of benzene rings is 1. The molecule has 0 aliphatic rings. The molecule has 24 heavy (non-hydrogen) atoms. The van der Waals surface area contributed by atoms with Crippen molar-refractivity contribution >= 4 is 29.0 Å². The van der Waals surface area contributed by atoms with E-state index in [2.05, 4.69) is 24.1 Å². The third kappa shape index (κ3) is 5.83. The Morgan fingerprint density at radius 2 is 2.00 bits per heavy atom. The summed E-state index contributed by atoms with van der Waals surface area (Å²) in [6.45, 7) is 7.75. The molecule has 5 heteroatoms. The summed E-state index contributed by atoms with van der Waals surface area (Å²) in [6.07, 6.45) is 3.35. The van der Waals surface area contributed by atoms with Crippen molar-refractivity contribution < 1.29 is 9.53 Å². The number of thiophene rings is 1. The number of carbonyl (C=O) groups is 1. The minimum absolute atomic E-state index is 0.164. The zero-order chi connectivity index (χ0) is 17.2. The van der Waals surface area contributed by atoms with Gasteiger partial charge >= 0.3 is 0 Å². The van der Waals surface area contributed by atoms with E-state index in [4.69, 9.17) is 4.74 Å². The molecule has 0 unspecified atom stereocenters. The van der Waals surface area contributed by atoms with Gasteiger partial charge in [-0.15, -0.1) is 11.3 Å². The molecule has 1 aromatic heterocycles. The molecular formula is C19H24N2O2S. The summed E-state index contributed by atoms with van der Waals surface area (Å²) < 4.78 is 5.84. The van der Waals surface area contributed by atoms with Crippen LogP contribution in [0.1, 0.15) is 18.7 Å². The molecular weight excluding hydrogens is 320 g/mol. The van der Waals surface area contributed by atoms with Crippen LogP contribution in [0.3, 0.4) is 0 Å². The van der Waals surface area contributed by atoms with E-state index >= 15 is 0 Å². The highest BCUT2D eigenvalue weighted by atomic mass is 32.1. The number of para-hydroxylation sites is 2. The lowest BCUT2D eigenvalue weighted by atomic mass is 10.3. The van der Waals surface area contributed by atoms with Gasteiger partial charge in [0, 0.05) is 17.5 Å². The molecule has 128 valence electrons. The van der Waals surface area contributed by atoms with E-state index in [0.29, 0.717) is 18.0 Å². The molecule has 0 radical (unpaired) electrons. The first kappa shape index (κ1) is 18.2. The standard InChI is InChI=1S/C19H24N2O2S/c1-3-21(4-2)13-14-23-18-10-6-5-9-17(18)20-19(22)12-11-16-8-7-15-24-16/h5-12,15H,3-4,13-14H2,1-2H3,(H,20,22)/b12-11+. The summed E-state index contributed by atoms with van der Waals surface area (Å²) in [7, 11) is 0. The summed E-state index contributed by atoms with van der Waals surface area (Å²) in [5.74, 6) is 0.533. The van der Waals surface area contributed by atoms with Crippen LogP contribution in [0.25, 0.3) is 6.08 Å². The van der Waals surface area contributed by atoms with Crippen molar-refractivity contribution in [3.05, 3.63) is 52.7 Å². The van der Waals surface area contributed by atoms with Crippen molar-refractivity contribution in [2.45, 2.75) is 13.8 Å². The lowest BCUT2D eigenvalue weighted by molar-refractivity contribution is -0.111.